The molecule has 0 saturated carbocycles. The Morgan fingerprint density at radius 3 is 2.30 bits per heavy atom. The summed E-state index contributed by atoms with van der Waals surface area (Å²) in [4.78, 5) is 28.2. The van der Waals surface area contributed by atoms with Crippen molar-refractivity contribution in [3.8, 4) is 0 Å². The lowest BCUT2D eigenvalue weighted by atomic mass is 9.95. The lowest BCUT2D eigenvalue weighted by Gasteiger charge is -2.32. The molecule has 23 heavy (non-hydrogen) atoms. The average Bonchev–Trinajstić information content (AvgIpc) is 2.60. The highest BCUT2D eigenvalue weighted by Gasteiger charge is 2.28. The molecule has 2 amide bonds. The predicted molar refractivity (Wildman–Crippen MR) is 91.3 cm³/mol. The van der Waals surface area contributed by atoms with E-state index in [4.69, 9.17) is 0 Å². The van der Waals surface area contributed by atoms with Crippen molar-refractivity contribution >= 4 is 22.6 Å². The maximum atomic E-state index is 12.7. The quantitative estimate of drug-likeness (QED) is 0.856. The fraction of sp³-hybridized carbons (Fsp3) is 0.368. The van der Waals surface area contributed by atoms with Crippen molar-refractivity contribution in [3.63, 3.8) is 0 Å². The van der Waals surface area contributed by atoms with Gasteiger partial charge in [0.05, 0.1) is 0 Å². The lowest BCUT2D eigenvalue weighted by molar-refractivity contribution is -0.134. The molecule has 1 saturated heterocycles. The van der Waals surface area contributed by atoms with Crippen LogP contribution in [0.15, 0.2) is 42.5 Å². The van der Waals surface area contributed by atoms with Crippen LogP contribution in [0.25, 0.3) is 10.8 Å². The summed E-state index contributed by atoms with van der Waals surface area (Å²) in [5.74, 6) is 0.278. The Morgan fingerprint density at radius 2 is 1.65 bits per heavy atom. The van der Waals surface area contributed by atoms with Crippen LogP contribution in [0, 0.1) is 5.92 Å². The molecule has 0 bridgehead atoms. The van der Waals surface area contributed by atoms with Gasteiger partial charge in [0, 0.05) is 38.7 Å². The zero-order valence-corrected chi connectivity index (χ0v) is 13.7. The molecule has 0 N–H and O–H groups in total. The fourth-order valence-corrected chi connectivity index (χ4v) is 3.20. The minimum absolute atomic E-state index is 0.0469. The molecule has 0 aromatic heterocycles. The van der Waals surface area contributed by atoms with Crippen molar-refractivity contribution in [3.05, 3.63) is 48.0 Å². The summed E-state index contributed by atoms with van der Waals surface area (Å²) in [5, 5.41) is 2.22. The summed E-state index contributed by atoms with van der Waals surface area (Å²) < 4.78 is 0. The largest absolute Gasteiger partial charge is 0.349 e. The Bertz CT molecular complexity index is 731. The molecule has 1 heterocycles. The molecule has 0 spiro atoms. The van der Waals surface area contributed by atoms with E-state index in [-0.39, 0.29) is 17.7 Å². The van der Waals surface area contributed by atoms with Gasteiger partial charge in [0.15, 0.2) is 0 Å². The van der Waals surface area contributed by atoms with Gasteiger partial charge < -0.3 is 9.80 Å². The SMILES string of the molecule is CN(C)C(=O)C1CCN(C(=O)c2ccc3ccccc3c2)CC1. The molecule has 0 aliphatic carbocycles. The molecule has 3 rings (SSSR count). The number of hydrogen-bond donors (Lipinski definition) is 0. The molecule has 4 nitrogen and oxygen atoms in total. The molecule has 4 heteroatoms. The molecule has 120 valence electrons. The molecule has 2 aromatic rings. The topological polar surface area (TPSA) is 40.6 Å². The normalized spacial score (nSPS) is 15.7. The molecule has 0 unspecified atom stereocenters. The van der Waals surface area contributed by atoms with Gasteiger partial charge in [0.2, 0.25) is 5.91 Å². The summed E-state index contributed by atoms with van der Waals surface area (Å²) in [7, 11) is 3.57. The van der Waals surface area contributed by atoms with Crippen molar-refractivity contribution in [2.75, 3.05) is 27.2 Å². The molecule has 1 aliphatic rings. The first-order valence-corrected chi connectivity index (χ1v) is 8.05. The fourth-order valence-electron chi connectivity index (χ4n) is 3.20. The van der Waals surface area contributed by atoms with Gasteiger partial charge in [-0.25, -0.2) is 0 Å². The van der Waals surface area contributed by atoms with E-state index in [0.29, 0.717) is 13.1 Å². The van der Waals surface area contributed by atoms with Crippen LogP contribution in [0.1, 0.15) is 23.2 Å². The third-order valence-electron chi connectivity index (χ3n) is 4.57. The third kappa shape index (κ3) is 3.21. The minimum Gasteiger partial charge on any atom is -0.349 e. The van der Waals surface area contributed by atoms with E-state index in [1.165, 1.54) is 0 Å². The van der Waals surface area contributed by atoms with Gasteiger partial charge in [-0.3, -0.25) is 9.59 Å². The summed E-state index contributed by atoms with van der Waals surface area (Å²) in [6, 6.07) is 13.9. The van der Waals surface area contributed by atoms with E-state index in [1.54, 1.807) is 19.0 Å². The molecular formula is C19H22N2O2. The van der Waals surface area contributed by atoms with Gasteiger partial charge in [-0.05, 0) is 35.7 Å². The summed E-state index contributed by atoms with van der Waals surface area (Å²) >= 11 is 0. The van der Waals surface area contributed by atoms with Crippen molar-refractivity contribution < 1.29 is 9.59 Å². The van der Waals surface area contributed by atoms with E-state index < -0.39 is 0 Å². The highest BCUT2D eigenvalue weighted by molar-refractivity contribution is 5.98. The van der Waals surface area contributed by atoms with Gasteiger partial charge in [-0.15, -0.1) is 0 Å². The monoisotopic (exact) mass is 310 g/mol. The highest BCUT2D eigenvalue weighted by Crippen LogP contribution is 2.22. The molecule has 1 aliphatic heterocycles. The molecular weight excluding hydrogens is 288 g/mol. The predicted octanol–water partition coefficient (Wildman–Crippen LogP) is 2.78. The zero-order valence-electron chi connectivity index (χ0n) is 13.7. The number of likely N-dealkylation sites (tertiary alicyclic amines) is 1. The second-order valence-electron chi connectivity index (χ2n) is 6.36. The number of rotatable bonds is 2. The van der Waals surface area contributed by atoms with E-state index in [9.17, 15) is 9.59 Å². The van der Waals surface area contributed by atoms with E-state index >= 15 is 0 Å². The van der Waals surface area contributed by atoms with Crippen LogP contribution in [-0.4, -0.2) is 48.8 Å². The van der Waals surface area contributed by atoms with Crippen molar-refractivity contribution in [1.29, 1.82) is 0 Å². The smallest absolute Gasteiger partial charge is 0.253 e. The van der Waals surface area contributed by atoms with Crippen molar-refractivity contribution in [1.82, 2.24) is 9.80 Å². The van der Waals surface area contributed by atoms with E-state index in [0.717, 1.165) is 29.2 Å². The maximum absolute atomic E-state index is 12.7. The van der Waals surface area contributed by atoms with Crippen molar-refractivity contribution in [2.24, 2.45) is 5.92 Å². The number of hydrogen-bond acceptors (Lipinski definition) is 2. The summed E-state index contributed by atoms with van der Waals surface area (Å²) in [5.41, 5.74) is 0.723. The van der Waals surface area contributed by atoms with Crippen molar-refractivity contribution in [2.45, 2.75) is 12.8 Å². The number of amides is 2. The van der Waals surface area contributed by atoms with E-state index in [1.807, 2.05) is 47.4 Å². The Morgan fingerprint density at radius 1 is 1.00 bits per heavy atom. The first-order chi connectivity index (χ1) is 11.1. The molecule has 1 fully saturated rings. The van der Waals surface area contributed by atoms with Crippen LogP contribution < -0.4 is 0 Å². The van der Waals surface area contributed by atoms with Gasteiger partial charge >= 0.3 is 0 Å². The Balaban J connectivity index is 1.70. The average molecular weight is 310 g/mol. The second-order valence-corrected chi connectivity index (χ2v) is 6.36. The number of benzene rings is 2. The molecule has 0 radical (unpaired) electrons. The van der Waals surface area contributed by atoms with Crippen LogP contribution in [0.4, 0.5) is 0 Å². The van der Waals surface area contributed by atoms with Crippen LogP contribution >= 0.6 is 0 Å². The number of piperidine rings is 1. The van der Waals surface area contributed by atoms with Gasteiger partial charge in [0.25, 0.3) is 5.91 Å². The van der Waals surface area contributed by atoms with E-state index in [2.05, 4.69) is 0 Å². The maximum Gasteiger partial charge on any atom is 0.253 e. The Kier molecular flexibility index (Phi) is 4.33. The Hall–Kier alpha value is -2.36. The highest BCUT2D eigenvalue weighted by atomic mass is 16.2. The minimum atomic E-state index is 0.0469. The van der Waals surface area contributed by atoms with Crippen LogP contribution in [0.3, 0.4) is 0 Å². The van der Waals surface area contributed by atoms with Crippen LogP contribution in [0.2, 0.25) is 0 Å². The number of fused-ring (bicyclic) bond motifs is 1. The molecule has 2 aromatic carbocycles. The lowest BCUT2D eigenvalue weighted by Crippen LogP contribution is -2.42. The zero-order chi connectivity index (χ0) is 16.4. The summed E-state index contributed by atoms with van der Waals surface area (Å²) in [6.07, 6.45) is 1.49. The molecule has 0 atom stereocenters. The number of nitrogens with zero attached hydrogens (tertiary/aromatic N) is 2. The van der Waals surface area contributed by atoms with Gasteiger partial charge in [0.1, 0.15) is 0 Å². The third-order valence-corrected chi connectivity index (χ3v) is 4.57. The first kappa shape index (κ1) is 15.5. The van der Waals surface area contributed by atoms with Gasteiger partial charge in [-0.2, -0.15) is 0 Å². The number of carbonyl (C=O) groups is 2. The first-order valence-electron chi connectivity index (χ1n) is 8.05. The number of carbonyl (C=O) groups excluding carboxylic acids is 2. The van der Waals surface area contributed by atoms with Crippen LogP contribution in [0.5, 0.6) is 0 Å². The standard InChI is InChI=1S/C19H22N2O2/c1-20(2)18(22)15-9-11-21(12-10-15)19(23)17-8-7-14-5-3-4-6-16(14)13-17/h3-8,13,15H,9-12H2,1-2H3. The second kappa shape index (κ2) is 6.41. The van der Waals surface area contributed by atoms with Gasteiger partial charge in [-0.1, -0.05) is 30.3 Å². The Labute approximate surface area is 136 Å². The van der Waals surface area contributed by atoms with Crippen LogP contribution in [-0.2, 0) is 4.79 Å². The summed E-state index contributed by atoms with van der Waals surface area (Å²) in [6.45, 7) is 1.30.